The largest absolute Gasteiger partial charge is 0.481 e. The van der Waals surface area contributed by atoms with Crippen LogP contribution in [0.2, 0.25) is 0 Å². The van der Waals surface area contributed by atoms with Gasteiger partial charge in [-0.1, -0.05) is 0 Å². The number of carboxylic acid groups (broad SMARTS) is 1. The lowest BCUT2D eigenvalue weighted by atomic mass is 10.1. The third-order valence-electron chi connectivity index (χ3n) is 3.61. The SMILES string of the molecule is O=C(O)C1CCN(C(=O)c2cc([N+](=O)[O-])c3nsnc3c2)C1. The molecule has 22 heavy (non-hydrogen) atoms. The summed E-state index contributed by atoms with van der Waals surface area (Å²) in [5, 5.41) is 20.1. The molecule has 1 saturated heterocycles. The van der Waals surface area contributed by atoms with Crippen LogP contribution < -0.4 is 0 Å². The first kappa shape index (κ1) is 14.3. The van der Waals surface area contributed by atoms with Gasteiger partial charge < -0.3 is 10.0 Å². The Morgan fingerprint density at radius 2 is 2.18 bits per heavy atom. The number of hydrogen-bond donors (Lipinski definition) is 1. The quantitative estimate of drug-likeness (QED) is 0.663. The lowest BCUT2D eigenvalue weighted by Crippen LogP contribution is -2.30. The summed E-state index contributed by atoms with van der Waals surface area (Å²) in [5.74, 6) is -1.97. The van der Waals surface area contributed by atoms with Crippen molar-refractivity contribution in [1.82, 2.24) is 13.6 Å². The van der Waals surface area contributed by atoms with Crippen LogP contribution in [0.4, 0.5) is 5.69 Å². The van der Waals surface area contributed by atoms with Gasteiger partial charge in [0.05, 0.1) is 22.6 Å². The molecule has 1 atom stereocenters. The topological polar surface area (TPSA) is 127 Å². The molecule has 1 aromatic heterocycles. The fraction of sp³-hybridized carbons (Fsp3) is 0.333. The molecule has 1 fully saturated rings. The standard InChI is InChI=1S/C12H10N4O5S/c17-11(15-2-1-6(5-15)12(18)19)7-3-8-10(14-22-13-8)9(4-7)16(20)21/h3-4,6H,1-2,5H2,(H,18,19). The maximum absolute atomic E-state index is 12.4. The molecule has 0 spiro atoms. The summed E-state index contributed by atoms with van der Waals surface area (Å²) in [6.45, 7) is 0.423. The Kier molecular flexibility index (Phi) is 3.45. The van der Waals surface area contributed by atoms with E-state index in [1.165, 1.54) is 17.0 Å². The molecule has 1 amide bonds. The molecule has 1 aliphatic rings. The summed E-state index contributed by atoms with van der Waals surface area (Å²) in [6.07, 6.45) is 0.379. The normalized spacial score (nSPS) is 17.8. The van der Waals surface area contributed by atoms with Crippen molar-refractivity contribution >= 4 is 40.3 Å². The van der Waals surface area contributed by atoms with Crippen LogP contribution in [0.5, 0.6) is 0 Å². The molecule has 0 bridgehead atoms. The molecule has 10 heteroatoms. The molecule has 0 saturated carbocycles. The number of carbonyl (C=O) groups is 2. The maximum Gasteiger partial charge on any atom is 0.308 e. The lowest BCUT2D eigenvalue weighted by molar-refractivity contribution is -0.383. The zero-order valence-electron chi connectivity index (χ0n) is 11.1. The number of aliphatic carboxylic acids is 1. The second-order valence-corrected chi connectivity index (χ2v) is 5.49. The number of aromatic nitrogens is 2. The second-order valence-electron chi connectivity index (χ2n) is 4.96. The summed E-state index contributed by atoms with van der Waals surface area (Å²) < 4.78 is 7.80. The molecule has 1 unspecified atom stereocenters. The average molecular weight is 322 g/mol. The van der Waals surface area contributed by atoms with Crippen molar-refractivity contribution in [3.63, 3.8) is 0 Å². The van der Waals surface area contributed by atoms with E-state index in [2.05, 4.69) is 8.75 Å². The predicted molar refractivity (Wildman–Crippen MR) is 75.7 cm³/mol. The minimum absolute atomic E-state index is 0.106. The molecule has 2 heterocycles. The lowest BCUT2D eigenvalue weighted by Gasteiger charge is -2.15. The maximum atomic E-state index is 12.4. The van der Waals surface area contributed by atoms with Crippen LogP contribution in [-0.2, 0) is 4.79 Å². The Balaban J connectivity index is 1.95. The van der Waals surface area contributed by atoms with Gasteiger partial charge in [0.25, 0.3) is 11.6 Å². The van der Waals surface area contributed by atoms with Crippen molar-refractivity contribution in [1.29, 1.82) is 0 Å². The summed E-state index contributed by atoms with van der Waals surface area (Å²) in [4.78, 5) is 35.2. The fourth-order valence-corrected chi connectivity index (χ4v) is 3.00. The highest BCUT2D eigenvalue weighted by molar-refractivity contribution is 7.00. The Labute approximate surface area is 127 Å². The van der Waals surface area contributed by atoms with Crippen molar-refractivity contribution in [2.75, 3.05) is 13.1 Å². The highest BCUT2D eigenvalue weighted by atomic mass is 32.1. The van der Waals surface area contributed by atoms with Gasteiger partial charge in [-0.25, -0.2) is 0 Å². The van der Waals surface area contributed by atoms with Crippen LogP contribution in [0.15, 0.2) is 12.1 Å². The van der Waals surface area contributed by atoms with Crippen LogP contribution in [0.25, 0.3) is 11.0 Å². The number of hydrogen-bond acceptors (Lipinski definition) is 7. The number of nitrogens with zero attached hydrogens (tertiary/aromatic N) is 4. The molecular formula is C12H10N4O5S. The van der Waals surface area contributed by atoms with Gasteiger partial charge in [-0.15, -0.1) is 0 Å². The number of likely N-dealkylation sites (tertiary alicyclic amines) is 1. The Morgan fingerprint density at radius 1 is 1.41 bits per heavy atom. The number of non-ortho nitro benzene ring substituents is 1. The molecule has 114 valence electrons. The smallest absolute Gasteiger partial charge is 0.308 e. The number of fused-ring (bicyclic) bond motifs is 1. The summed E-state index contributed by atoms with van der Waals surface area (Å²) in [6, 6.07) is 2.61. The molecular weight excluding hydrogens is 312 g/mol. The number of benzene rings is 1. The molecule has 0 radical (unpaired) electrons. The van der Waals surface area contributed by atoms with Gasteiger partial charge in [0.2, 0.25) is 0 Å². The van der Waals surface area contributed by atoms with E-state index in [-0.39, 0.29) is 28.8 Å². The van der Waals surface area contributed by atoms with Crippen molar-refractivity contribution in [3.05, 3.63) is 27.8 Å². The Bertz CT molecular complexity index is 789. The molecule has 1 N–H and O–H groups in total. The highest BCUT2D eigenvalue weighted by Gasteiger charge is 2.32. The van der Waals surface area contributed by atoms with Crippen molar-refractivity contribution in [2.24, 2.45) is 5.92 Å². The van der Waals surface area contributed by atoms with Crippen molar-refractivity contribution in [3.8, 4) is 0 Å². The molecule has 1 aromatic carbocycles. The van der Waals surface area contributed by atoms with E-state index in [4.69, 9.17) is 5.11 Å². The van der Waals surface area contributed by atoms with E-state index in [0.717, 1.165) is 11.7 Å². The highest BCUT2D eigenvalue weighted by Crippen LogP contribution is 2.27. The monoisotopic (exact) mass is 322 g/mol. The first-order valence-corrected chi connectivity index (χ1v) is 7.13. The van der Waals surface area contributed by atoms with Gasteiger partial charge >= 0.3 is 5.97 Å². The predicted octanol–water partition coefficient (Wildman–Crippen LogP) is 1.15. The summed E-state index contributed by atoms with van der Waals surface area (Å²) in [5.41, 5.74) is 0.287. The van der Waals surface area contributed by atoms with Gasteiger partial charge in [-0.05, 0) is 12.5 Å². The number of carboxylic acids is 1. The van der Waals surface area contributed by atoms with Crippen LogP contribution in [0.3, 0.4) is 0 Å². The van der Waals surface area contributed by atoms with Gasteiger partial charge in [0.15, 0.2) is 5.52 Å². The van der Waals surface area contributed by atoms with E-state index in [0.29, 0.717) is 13.0 Å². The number of nitro groups is 1. The number of nitro benzene ring substituents is 1. The van der Waals surface area contributed by atoms with Gasteiger partial charge in [0, 0.05) is 24.7 Å². The third-order valence-corrected chi connectivity index (χ3v) is 4.15. The molecule has 0 aliphatic carbocycles. The summed E-state index contributed by atoms with van der Waals surface area (Å²) >= 11 is 0.834. The average Bonchev–Trinajstić information content (AvgIpc) is 3.14. The number of amides is 1. The molecule has 2 aromatic rings. The Morgan fingerprint density at radius 3 is 2.82 bits per heavy atom. The van der Waals surface area contributed by atoms with E-state index in [1.807, 2.05) is 0 Å². The van der Waals surface area contributed by atoms with Crippen LogP contribution in [0.1, 0.15) is 16.8 Å². The fourth-order valence-electron chi connectivity index (χ4n) is 2.46. The first-order valence-electron chi connectivity index (χ1n) is 6.40. The molecule has 9 nitrogen and oxygen atoms in total. The van der Waals surface area contributed by atoms with Crippen molar-refractivity contribution in [2.45, 2.75) is 6.42 Å². The van der Waals surface area contributed by atoms with Gasteiger partial charge in [0.1, 0.15) is 5.52 Å². The zero-order chi connectivity index (χ0) is 15.9. The second kappa shape index (κ2) is 5.30. The molecule has 3 rings (SSSR count). The number of rotatable bonds is 3. The van der Waals surface area contributed by atoms with E-state index >= 15 is 0 Å². The minimum Gasteiger partial charge on any atom is -0.481 e. The van der Waals surface area contributed by atoms with Crippen LogP contribution in [0, 0.1) is 16.0 Å². The van der Waals surface area contributed by atoms with E-state index in [9.17, 15) is 19.7 Å². The van der Waals surface area contributed by atoms with Crippen LogP contribution >= 0.6 is 11.7 Å². The van der Waals surface area contributed by atoms with Gasteiger partial charge in [-0.2, -0.15) is 8.75 Å². The van der Waals surface area contributed by atoms with Crippen LogP contribution in [-0.4, -0.2) is 48.6 Å². The molecule has 1 aliphatic heterocycles. The third kappa shape index (κ3) is 2.37. The zero-order valence-corrected chi connectivity index (χ0v) is 11.9. The first-order chi connectivity index (χ1) is 10.5. The van der Waals surface area contributed by atoms with E-state index < -0.39 is 22.7 Å². The summed E-state index contributed by atoms with van der Waals surface area (Å²) in [7, 11) is 0. The number of carbonyl (C=O) groups excluding carboxylic acids is 1. The van der Waals surface area contributed by atoms with Gasteiger partial charge in [-0.3, -0.25) is 19.7 Å². The minimum atomic E-state index is -0.944. The van der Waals surface area contributed by atoms with E-state index in [1.54, 1.807) is 0 Å². The van der Waals surface area contributed by atoms with Crippen molar-refractivity contribution < 1.29 is 19.6 Å². The Hall–Kier alpha value is -2.62.